The summed E-state index contributed by atoms with van der Waals surface area (Å²) >= 11 is 0. The average molecular weight is 430 g/mol. The van der Waals surface area contributed by atoms with Crippen molar-refractivity contribution >= 4 is 26.0 Å². The second-order valence-corrected chi connectivity index (χ2v) is 11.3. The van der Waals surface area contributed by atoms with Crippen LogP contribution in [0.5, 0.6) is 0 Å². The lowest BCUT2D eigenvalue weighted by Gasteiger charge is -2.31. The molecule has 10 heteroatoms. The maximum atomic E-state index is 12.9. The zero-order valence-corrected chi connectivity index (χ0v) is 17.6. The van der Waals surface area contributed by atoms with Gasteiger partial charge >= 0.3 is 0 Å². The van der Waals surface area contributed by atoms with Gasteiger partial charge in [-0.1, -0.05) is 18.2 Å². The van der Waals surface area contributed by atoms with Crippen molar-refractivity contribution in [2.24, 2.45) is 5.92 Å². The van der Waals surface area contributed by atoms with Crippen LogP contribution >= 0.6 is 0 Å². The Kier molecular flexibility index (Phi) is 6.43. The van der Waals surface area contributed by atoms with Crippen LogP contribution in [0.2, 0.25) is 0 Å². The highest BCUT2D eigenvalue weighted by molar-refractivity contribution is 7.89. The first-order valence-electron chi connectivity index (χ1n) is 9.49. The van der Waals surface area contributed by atoms with Gasteiger partial charge in [0.2, 0.25) is 26.0 Å². The molecule has 0 aromatic heterocycles. The number of hydrogen-bond acceptors (Lipinski definition) is 5. The Labute approximate surface area is 167 Å². The molecule has 0 saturated carbocycles. The highest BCUT2D eigenvalue weighted by Gasteiger charge is 2.39. The normalized spacial score (nSPS) is 23.0. The van der Waals surface area contributed by atoms with Gasteiger partial charge in [-0.25, -0.2) is 21.1 Å². The number of sulfonamides is 2. The molecule has 3 rings (SSSR count). The van der Waals surface area contributed by atoms with E-state index in [0.29, 0.717) is 51.9 Å². The molecule has 0 radical (unpaired) electrons. The summed E-state index contributed by atoms with van der Waals surface area (Å²) in [6.45, 7) is 1.68. The average Bonchev–Trinajstić information content (AvgIpc) is 3.17. The summed E-state index contributed by atoms with van der Waals surface area (Å²) in [5, 5.41) is 2.89. The molecule has 1 aromatic rings. The van der Waals surface area contributed by atoms with Crippen molar-refractivity contribution in [1.82, 2.24) is 13.9 Å². The molecule has 2 fully saturated rings. The fourth-order valence-corrected chi connectivity index (χ4v) is 6.38. The quantitative estimate of drug-likeness (QED) is 0.714. The Morgan fingerprint density at radius 2 is 1.68 bits per heavy atom. The molecule has 28 heavy (non-hydrogen) atoms. The van der Waals surface area contributed by atoms with Crippen molar-refractivity contribution in [2.45, 2.75) is 36.6 Å². The molecule has 1 unspecified atom stereocenters. The van der Waals surface area contributed by atoms with Crippen LogP contribution in [0.4, 0.5) is 0 Å². The van der Waals surface area contributed by atoms with Gasteiger partial charge in [0.1, 0.15) is 6.04 Å². The van der Waals surface area contributed by atoms with Gasteiger partial charge in [0.25, 0.3) is 0 Å². The van der Waals surface area contributed by atoms with E-state index in [0.717, 1.165) is 0 Å². The van der Waals surface area contributed by atoms with Crippen molar-refractivity contribution in [2.75, 3.05) is 32.4 Å². The molecular formula is C18H27N3O5S2. The van der Waals surface area contributed by atoms with Crippen LogP contribution in [0, 0.1) is 5.92 Å². The van der Waals surface area contributed by atoms with Crippen LogP contribution in [0.25, 0.3) is 0 Å². The predicted molar refractivity (Wildman–Crippen MR) is 106 cm³/mol. The molecule has 2 heterocycles. The second-order valence-electron chi connectivity index (χ2n) is 7.44. The van der Waals surface area contributed by atoms with Gasteiger partial charge < -0.3 is 5.32 Å². The number of rotatable bonds is 6. The molecule has 8 nitrogen and oxygen atoms in total. The number of hydrogen-bond donors (Lipinski definition) is 1. The van der Waals surface area contributed by atoms with E-state index in [-0.39, 0.29) is 16.7 Å². The molecule has 0 spiro atoms. The minimum absolute atomic E-state index is 0.197. The Morgan fingerprint density at radius 1 is 1.04 bits per heavy atom. The smallest absolute Gasteiger partial charge is 0.243 e. The highest BCUT2D eigenvalue weighted by atomic mass is 32.2. The van der Waals surface area contributed by atoms with E-state index in [9.17, 15) is 21.6 Å². The van der Waals surface area contributed by atoms with E-state index in [1.807, 2.05) is 0 Å². The number of amides is 1. The van der Waals surface area contributed by atoms with Crippen molar-refractivity contribution in [3.8, 4) is 0 Å². The van der Waals surface area contributed by atoms with Crippen LogP contribution in [0.15, 0.2) is 35.2 Å². The van der Waals surface area contributed by atoms with Gasteiger partial charge in [-0.15, -0.1) is 0 Å². The first-order chi connectivity index (χ1) is 13.2. The van der Waals surface area contributed by atoms with Crippen LogP contribution in [-0.4, -0.2) is 69.8 Å². The molecule has 156 valence electrons. The number of carbonyl (C=O) groups excluding carboxylic acids is 1. The van der Waals surface area contributed by atoms with Crippen molar-refractivity contribution in [1.29, 1.82) is 0 Å². The van der Waals surface area contributed by atoms with Crippen molar-refractivity contribution < 1.29 is 21.6 Å². The summed E-state index contributed by atoms with van der Waals surface area (Å²) in [5.74, 6) is -0.0786. The maximum Gasteiger partial charge on any atom is 0.243 e. The van der Waals surface area contributed by atoms with Crippen LogP contribution < -0.4 is 5.32 Å². The molecule has 0 aliphatic carbocycles. The standard InChI is InChI=1S/C18H27N3O5S2/c1-27(23,24)20-12-9-15(10-13-20)14-19-18(22)17-8-5-11-21(17)28(25,26)16-6-3-2-4-7-16/h2-4,6-7,15,17H,5,8-14H2,1H3,(H,19,22). The fourth-order valence-electron chi connectivity index (χ4n) is 3.83. The fraction of sp³-hybridized carbons (Fsp3) is 0.611. The predicted octanol–water partition coefficient (Wildman–Crippen LogP) is 0.628. The molecule has 1 N–H and O–H groups in total. The Bertz CT molecular complexity index is 894. The van der Waals surface area contributed by atoms with E-state index in [1.54, 1.807) is 18.2 Å². The zero-order valence-electron chi connectivity index (χ0n) is 16.0. The summed E-state index contributed by atoms with van der Waals surface area (Å²) in [4.78, 5) is 12.9. The minimum atomic E-state index is -3.70. The molecule has 2 aliphatic heterocycles. The lowest BCUT2D eigenvalue weighted by molar-refractivity contribution is -0.124. The number of nitrogens with one attached hydrogen (secondary N) is 1. The van der Waals surface area contributed by atoms with Gasteiger partial charge in [0.15, 0.2) is 0 Å². The Morgan fingerprint density at radius 3 is 2.29 bits per heavy atom. The summed E-state index contributed by atoms with van der Waals surface area (Å²) in [6, 6.07) is 7.47. The highest BCUT2D eigenvalue weighted by Crippen LogP contribution is 2.26. The maximum absolute atomic E-state index is 12.9. The topological polar surface area (TPSA) is 104 Å². The number of benzene rings is 1. The third-order valence-corrected chi connectivity index (χ3v) is 8.69. The monoisotopic (exact) mass is 429 g/mol. The van der Waals surface area contributed by atoms with Crippen molar-refractivity contribution in [3.63, 3.8) is 0 Å². The zero-order chi connectivity index (χ0) is 20.4. The molecule has 2 aliphatic rings. The SMILES string of the molecule is CS(=O)(=O)N1CCC(CNC(=O)C2CCCN2S(=O)(=O)c2ccccc2)CC1. The number of carbonyl (C=O) groups is 1. The second kappa shape index (κ2) is 8.48. The lowest BCUT2D eigenvalue weighted by atomic mass is 9.98. The van der Waals surface area contributed by atoms with Gasteiger partial charge in [0.05, 0.1) is 11.2 Å². The molecule has 1 atom stereocenters. The van der Waals surface area contributed by atoms with Gasteiger partial charge in [-0.3, -0.25) is 4.79 Å². The van der Waals surface area contributed by atoms with E-state index >= 15 is 0 Å². The van der Waals surface area contributed by atoms with E-state index in [4.69, 9.17) is 0 Å². The first-order valence-corrected chi connectivity index (χ1v) is 12.8. The van der Waals surface area contributed by atoms with Gasteiger partial charge in [0, 0.05) is 26.2 Å². The third-order valence-electron chi connectivity index (χ3n) is 5.46. The third kappa shape index (κ3) is 4.73. The molecule has 1 amide bonds. The molecule has 2 saturated heterocycles. The summed E-state index contributed by atoms with van der Waals surface area (Å²) in [7, 11) is -6.87. The van der Waals surface area contributed by atoms with Crippen LogP contribution in [0.3, 0.4) is 0 Å². The molecule has 0 bridgehead atoms. The van der Waals surface area contributed by atoms with E-state index in [2.05, 4.69) is 5.32 Å². The van der Waals surface area contributed by atoms with E-state index < -0.39 is 26.1 Å². The van der Waals surface area contributed by atoms with E-state index in [1.165, 1.54) is 27.0 Å². The number of piperidine rings is 1. The summed E-state index contributed by atoms with van der Waals surface area (Å²) in [5.41, 5.74) is 0. The molecular weight excluding hydrogens is 402 g/mol. The first kappa shape index (κ1) is 21.2. The van der Waals surface area contributed by atoms with Crippen molar-refractivity contribution in [3.05, 3.63) is 30.3 Å². The van der Waals surface area contributed by atoms with Gasteiger partial charge in [-0.05, 0) is 43.7 Å². The summed E-state index contributed by atoms with van der Waals surface area (Å²) in [6.07, 6.45) is 3.73. The Balaban J connectivity index is 1.57. The minimum Gasteiger partial charge on any atom is -0.354 e. The van der Waals surface area contributed by atoms with Crippen LogP contribution in [0.1, 0.15) is 25.7 Å². The summed E-state index contributed by atoms with van der Waals surface area (Å²) < 4.78 is 51.6. The lowest BCUT2D eigenvalue weighted by Crippen LogP contribution is -2.48. The Hall–Kier alpha value is -1.49. The van der Waals surface area contributed by atoms with Gasteiger partial charge in [-0.2, -0.15) is 4.31 Å². The molecule has 1 aromatic carbocycles. The van der Waals surface area contributed by atoms with Crippen LogP contribution in [-0.2, 0) is 24.8 Å². The number of nitrogens with zero attached hydrogens (tertiary/aromatic N) is 2. The largest absolute Gasteiger partial charge is 0.354 e.